The summed E-state index contributed by atoms with van der Waals surface area (Å²) >= 11 is 0. The lowest BCUT2D eigenvalue weighted by Crippen LogP contribution is -2.14. The van der Waals surface area contributed by atoms with Gasteiger partial charge in [0.05, 0.1) is 23.7 Å². The summed E-state index contributed by atoms with van der Waals surface area (Å²) in [5, 5.41) is 9.53. The third kappa shape index (κ3) is 5.05. The van der Waals surface area contributed by atoms with Crippen molar-refractivity contribution in [3.8, 4) is 34.0 Å². The van der Waals surface area contributed by atoms with E-state index in [4.69, 9.17) is 14.5 Å². The molecule has 0 unspecified atom stereocenters. The molecule has 1 saturated carbocycles. The van der Waals surface area contributed by atoms with Gasteiger partial charge in [0, 0.05) is 11.6 Å². The number of benzene rings is 4. The summed E-state index contributed by atoms with van der Waals surface area (Å²) in [4.78, 5) is 16.6. The lowest BCUT2D eigenvalue weighted by atomic mass is 9.94. The van der Waals surface area contributed by atoms with E-state index in [-0.39, 0.29) is 5.56 Å². The van der Waals surface area contributed by atoms with Crippen LogP contribution in [0.2, 0.25) is 0 Å². The Morgan fingerprint density at radius 3 is 2.42 bits per heavy atom. The number of carboxylic acid groups (broad SMARTS) is 1. The topological polar surface area (TPSA) is 73.6 Å². The lowest BCUT2D eigenvalue weighted by molar-refractivity contribution is 0.0697. The van der Waals surface area contributed by atoms with Crippen molar-refractivity contribution in [2.75, 3.05) is 7.11 Å². The van der Waals surface area contributed by atoms with Gasteiger partial charge in [-0.25, -0.2) is 9.78 Å². The largest absolute Gasteiger partial charge is 0.493 e. The monoisotopic (exact) mass is 532 g/mol. The van der Waals surface area contributed by atoms with Crippen molar-refractivity contribution in [3.05, 3.63) is 102 Å². The van der Waals surface area contributed by atoms with Crippen LogP contribution < -0.4 is 9.47 Å². The van der Waals surface area contributed by atoms with Gasteiger partial charge in [0.2, 0.25) is 0 Å². The Bertz CT molecular complexity index is 1650. The van der Waals surface area contributed by atoms with Crippen LogP contribution in [0.3, 0.4) is 0 Å². The summed E-state index contributed by atoms with van der Waals surface area (Å²) in [7, 11) is 1.65. The molecule has 6 rings (SSSR count). The quantitative estimate of drug-likeness (QED) is 0.218. The molecule has 0 bridgehead atoms. The van der Waals surface area contributed by atoms with Crippen LogP contribution in [-0.4, -0.2) is 27.7 Å². The molecular formula is C34H32N2O4. The van der Waals surface area contributed by atoms with Crippen molar-refractivity contribution in [2.24, 2.45) is 0 Å². The van der Waals surface area contributed by atoms with Gasteiger partial charge in [0.1, 0.15) is 12.4 Å². The first-order chi connectivity index (χ1) is 19.6. The van der Waals surface area contributed by atoms with Gasteiger partial charge in [-0.05, 0) is 65.9 Å². The van der Waals surface area contributed by atoms with Crippen LogP contribution in [0, 0.1) is 0 Å². The molecule has 5 aromatic rings. The Hall–Kier alpha value is -4.58. The second kappa shape index (κ2) is 11.3. The maximum Gasteiger partial charge on any atom is 0.335 e. The molecule has 0 aliphatic heterocycles. The summed E-state index contributed by atoms with van der Waals surface area (Å²) in [6.45, 7) is 0.402. The molecular weight excluding hydrogens is 500 g/mol. The molecule has 0 saturated heterocycles. The zero-order valence-corrected chi connectivity index (χ0v) is 22.5. The maximum absolute atomic E-state index is 11.6. The molecule has 1 aliphatic rings. The highest BCUT2D eigenvalue weighted by molar-refractivity contribution is 5.93. The van der Waals surface area contributed by atoms with Crippen LogP contribution >= 0.6 is 0 Å². The normalized spacial score (nSPS) is 13.8. The molecule has 202 valence electrons. The van der Waals surface area contributed by atoms with Gasteiger partial charge in [-0.2, -0.15) is 0 Å². The number of rotatable bonds is 8. The van der Waals surface area contributed by atoms with Crippen molar-refractivity contribution >= 4 is 17.0 Å². The number of aromatic carboxylic acids is 1. The van der Waals surface area contributed by atoms with Gasteiger partial charge in [-0.3, -0.25) is 0 Å². The number of carboxylic acids is 1. The van der Waals surface area contributed by atoms with E-state index in [1.54, 1.807) is 19.2 Å². The zero-order chi connectivity index (χ0) is 27.5. The number of nitrogens with zero attached hydrogens (tertiary/aromatic N) is 2. The first kappa shape index (κ1) is 25.7. The van der Waals surface area contributed by atoms with E-state index < -0.39 is 5.97 Å². The fraction of sp³-hybridized carbons (Fsp3) is 0.235. The summed E-state index contributed by atoms with van der Waals surface area (Å²) in [6.07, 6.45) is 5.76. The smallest absolute Gasteiger partial charge is 0.335 e. The fourth-order valence-corrected chi connectivity index (χ4v) is 5.77. The number of carbonyl (C=O) groups is 1. The Morgan fingerprint density at radius 2 is 1.65 bits per heavy atom. The molecule has 0 radical (unpaired) electrons. The molecule has 1 aliphatic carbocycles. The van der Waals surface area contributed by atoms with E-state index >= 15 is 0 Å². The van der Waals surface area contributed by atoms with Crippen molar-refractivity contribution in [1.82, 2.24) is 9.55 Å². The Balaban J connectivity index is 1.34. The molecule has 1 aromatic heterocycles. The van der Waals surface area contributed by atoms with Gasteiger partial charge in [-0.1, -0.05) is 73.9 Å². The molecule has 1 N–H and O–H groups in total. The van der Waals surface area contributed by atoms with E-state index in [0.717, 1.165) is 46.4 Å². The molecule has 6 nitrogen and oxygen atoms in total. The highest BCUT2D eigenvalue weighted by Gasteiger charge is 2.24. The molecule has 1 fully saturated rings. The van der Waals surface area contributed by atoms with Crippen LogP contribution in [0.4, 0.5) is 0 Å². The van der Waals surface area contributed by atoms with Crippen molar-refractivity contribution in [2.45, 2.75) is 44.8 Å². The molecule has 0 atom stereocenters. The van der Waals surface area contributed by atoms with E-state index in [2.05, 4.69) is 28.8 Å². The summed E-state index contributed by atoms with van der Waals surface area (Å²) < 4.78 is 14.4. The Labute approximate surface area is 233 Å². The predicted octanol–water partition coefficient (Wildman–Crippen LogP) is 8.16. The Morgan fingerprint density at radius 1 is 0.875 bits per heavy atom. The minimum absolute atomic E-state index is 0.240. The number of fused-ring (bicyclic) bond motifs is 1. The molecule has 1 heterocycles. The number of hydrogen-bond donors (Lipinski definition) is 1. The van der Waals surface area contributed by atoms with Crippen LogP contribution in [-0.2, 0) is 6.61 Å². The number of ether oxygens (including phenoxy) is 2. The highest BCUT2D eigenvalue weighted by atomic mass is 16.5. The van der Waals surface area contributed by atoms with E-state index in [1.165, 1.54) is 19.3 Å². The summed E-state index contributed by atoms with van der Waals surface area (Å²) in [5.74, 6) is 1.15. The van der Waals surface area contributed by atoms with Crippen LogP contribution in [0.1, 0.15) is 54.1 Å². The highest BCUT2D eigenvalue weighted by Crippen LogP contribution is 2.39. The van der Waals surface area contributed by atoms with Gasteiger partial charge >= 0.3 is 5.97 Å². The Kier molecular flexibility index (Phi) is 7.23. The van der Waals surface area contributed by atoms with Crippen LogP contribution in [0.25, 0.3) is 33.5 Å². The van der Waals surface area contributed by atoms with Crippen molar-refractivity contribution < 1.29 is 19.4 Å². The maximum atomic E-state index is 11.6. The van der Waals surface area contributed by atoms with E-state index in [1.807, 2.05) is 54.6 Å². The fourth-order valence-electron chi connectivity index (χ4n) is 5.77. The molecule has 0 amide bonds. The van der Waals surface area contributed by atoms with E-state index in [9.17, 15) is 9.90 Å². The average molecular weight is 533 g/mol. The minimum atomic E-state index is -0.951. The second-order valence-electron chi connectivity index (χ2n) is 10.3. The summed E-state index contributed by atoms with van der Waals surface area (Å²) in [5.41, 5.74) is 6.18. The second-order valence-corrected chi connectivity index (χ2v) is 10.3. The minimum Gasteiger partial charge on any atom is -0.493 e. The van der Waals surface area contributed by atoms with Crippen LogP contribution in [0.15, 0.2) is 91.0 Å². The molecule has 40 heavy (non-hydrogen) atoms. The molecule has 4 aromatic carbocycles. The molecule has 6 heteroatoms. The van der Waals surface area contributed by atoms with E-state index in [0.29, 0.717) is 29.7 Å². The van der Waals surface area contributed by atoms with Crippen molar-refractivity contribution in [1.29, 1.82) is 0 Å². The van der Waals surface area contributed by atoms with Crippen LogP contribution in [0.5, 0.6) is 11.5 Å². The predicted molar refractivity (Wildman–Crippen MR) is 157 cm³/mol. The number of aromatic nitrogens is 2. The van der Waals surface area contributed by atoms with Gasteiger partial charge < -0.3 is 19.1 Å². The van der Waals surface area contributed by atoms with Gasteiger partial charge in [-0.15, -0.1) is 0 Å². The number of methoxy groups -OCH3 is 1. The third-order valence-corrected chi connectivity index (χ3v) is 7.78. The third-order valence-electron chi connectivity index (χ3n) is 7.78. The van der Waals surface area contributed by atoms with Gasteiger partial charge in [0.25, 0.3) is 0 Å². The number of hydrogen-bond acceptors (Lipinski definition) is 4. The number of imidazole rings is 1. The van der Waals surface area contributed by atoms with Crippen molar-refractivity contribution in [3.63, 3.8) is 0 Å². The molecule has 0 spiro atoms. The summed E-state index contributed by atoms with van der Waals surface area (Å²) in [6, 6.07) is 30.0. The SMILES string of the molecule is COc1cc(-c2nc3cc(C(=O)O)ccc3n2C2CCCCC2)ccc1OCc1ccccc1-c1ccccc1. The average Bonchev–Trinajstić information content (AvgIpc) is 3.40. The first-order valence-corrected chi connectivity index (χ1v) is 13.8. The van der Waals surface area contributed by atoms with Gasteiger partial charge in [0.15, 0.2) is 11.5 Å². The zero-order valence-electron chi connectivity index (χ0n) is 22.5. The standard InChI is InChI=1S/C34H32N2O4/c1-39-32-21-24(17-19-31(32)40-22-26-12-8-9-15-28(26)23-10-4-2-5-11-23)33-35-29-20-25(34(37)38)16-18-30(29)36(33)27-13-6-3-7-14-27/h2,4-5,8-12,15-21,27H,3,6-7,13-14,22H2,1H3,(H,37,38). The lowest BCUT2D eigenvalue weighted by Gasteiger charge is -2.26. The first-order valence-electron chi connectivity index (χ1n) is 13.8.